The van der Waals surface area contributed by atoms with Gasteiger partial charge < -0.3 is 0 Å². The summed E-state index contributed by atoms with van der Waals surface area (Å²) in [7, 11) is 0. The van der Waals surface area contributed by atoms with Crippen LogP contribution in [0.15, 0.2) is 36.5 Å². The molecule has 16 heavy (non-hydrogen) atoms. The third-order valence-electron chi connectivity index (χ3n) is 2.47. The molecule has 4 heteroatoms. The number of amides is 2. The Morgan fingerprint density at radius 1 is 1.12 bits per heavy atom. The summed E-state index contributed by atoms with van der Waals surface area (Å²) in [4.78, 5) is 35.6. The molecule has 1 aromatic rings. The summed E-state index contributed by atoms with van der Waals surface area (Å²) in [6.07, 6.45) is 0. The number of hydrogen-bond donors (Lipinski definition) is 0. The minimum atomic E-state index is -0.485. The zero-order chi connectivity index (χ0) is 11.9. The average Bonchev–Trinajstić information content (AvgIpc) is 2.52. The number of Topliss-reactive ketones (excluding diaryl/α,β-unsaturated/α-hetero) is 1. The van der Waals surface area contributed by atoms with Crippen molar-refractivity contribution >= 4 is 17.6 Å². The van der Waals surface area contributed by atoms with E-state index in [0.29, 0.717) is 11.1 Å². The summed E-state index contributed by atoms with van der Waals surface area (Å²) < 4.78 is 0. The summed E-state index contributed by atoms with van der Waals surface area (Å²) >= 11 is 0. The van der Waals surface area contributed by atoms with E-state index < -0.39 is 17.6 Å². The first-order chi connectivity index (χ1) is 7.54. The third-order valence-corrected chi connectivity index (χ3v) is 2.47. The van der Waals surface area contributed by atoms with Gasteiger partial charge in [0.05, 0.1) is 16.8 Å². The lowest BCUT2D eigenvalue weighted by atomic mass is 10.1. The van der Waals surface area contributed by atoms with Crippen molar-refractivity contribution in [3.8, 4) is 0 Å². The smallest absolute Gasteiger partial charge is 0.266 e. The summed E-state index contributed by atoms with van der Waals surface area (Å²) in [6, 6.07) is 6.46. The molecule has 0 fully saturated rings. The Kier molecular flexibility index (Phi) is 2.20. The normalized spacial score (nSPS) is 13.9. The molecule has 0 atom stereocenters. The first-order valence-electron chi connectivity index (χ1n) is 4.71. The van der Waals surface area contributed by atoms with Gasteiger partial charge in [-0.05, 0) is 12.1 Å². The minimum Gasteiger partial charge on any atom is -0.293 e. The summed E-state index contributed by atoms with van der Waals surface area (Å²) in [5, 5.41) is 0. The van der Waals surface area contributed by atoms with Crippen molar-refractivity contribution in [2.75, 3.05) is 0 Å². The molecule has 0 bridgehead atoms. The van der Waals surface area contributed by atoms with Crippen LogP contribution in [0.4, 0.5) is 0 Å². The van der Waals surface area contributed by atoms with Crippen LogP contribution in [0, 0.1) is 0 Å². The number of rotatable bonds is 2. The van der Waals surface area contributed by atoms with Crippen LogP contribution in [-0.4, -0.2) is 22.5 Å². The highest BCUT2D eigenvalue weighted by Gasteiger charge is 2.37. The number of imide groups is 1. The van der Waals surface area contributed by atoms with Crippen molar-refractivity contribution < 1.29 is 14.4 Å². The molecule has 0 radical (unpaired) electrons. The second-order valence-electron chi connectivity index (χ2n) is 3.49. The van der Waals surface area contributed by atoms with Crippen LogP contribution in [-0.2, 0) is 4.79 Å². The predicted molar refractivity (Wildman–Crippen MR) is 56.8 cm³/mol. The first kappa shape index (κ1) is 10.3. The summed E-state index contributed by atoms with van der Waals surface area (Å²) in [5.41, 5.74) is 0.538. The fourth-order valence-electron chi connectivity index (χ4n) is 1.59. The van der Waals surface area contributed by atoms with Crippen LogP contribution in [0.25, 0.3) is 0 Å². The Balaban J connectivity index is 2.51. The molecule has 0 saturated carbocycles. The highest BCUT2D eigenvalue weighted by atomic mass is 16.2. The molecule has 0 aliphatic carbocycles. The van der Waals surface area contributed by atoms with Gasteiger partial charge in [0.15, 0.2) is 5.78 Å². The monoisotopic (exact) mass is 215 g/mol. The van der Waals surface area contributed by atoms with Crippen LogP contribution in [0.2, 0.25) is 0 Å². The molecule has 0 saturated heterocycles. The molecule has 1 heterocycles. The van der Waals surface area contributed by atoms with Crippen molar-refractivity contribution in [2.24, 2.45) is 0 Å². The van der Waals surface area contributed by atoms with E-state index in [9.17, 15) is 14.4 Å². The van der Waals surface area contributed by atoms with Gasteiger partial charge in [-0.1, -0.05) is 18.7 Å². The van der Waals surface area contributed by atoms with Crippen molar-refractivity contribution in [1.82, 2.24) is 4.90 Å². The Morgan fingerprint density at radius 3 is 1.94 bits per heavy atom. The SMILES string of the molecule is C=C(C(C)=O)N1C(=O)c2ccccc2C1=O. The second kappa shape index (κ2) is 3.41. The molecule has 1 aromatic carbocycles. The number of benzene rings is 1. The molecular formula is C12H9NO3. The van der Waals surface area contributed by atoms with Crippen LogP contribution < -0.4 is 0 Å². The van der Waals surface area contributed by atoms with E-state index in [0.717, 1.165) is 4.90 Å². The topological polar surface area (TPSA) is 54.5 Å². The quantitative estimate of drug-likeness (QED) is 0.553. The largest absolute Gasteiger partial charge is 0.293 e. The van der Waals surface area contributed by atoms with E-state index >= 15 is 0 Å². The van der Waals surface area contributed by atoms with Gasteiger partial charge >= 0.3 is 0 Å². The van der Waals surface area contributed by atoms with E-state index in [1.165, 1.54) is 6.92 Å². The molecule has 2 rings (SSSR count). The minimum absolute atomic E-state index is 0.0915. The van der Waals surface area contributed by atoms with Crippen molar-refractivity contribution in [1.29, 1.82) is 0 Å². The van der Waals surface area contributed by atoms with Crippen molar-refractivity contribution in [2.45, 2.75) is 6.92 Å². The number of allylic oxidation sites excluding steroid dienone is 1. The van der Waals surface area contributed by atoms with Gasteiger partial charge in [-0.25, -0.2) is 4.90 Å². The number of hydrogen-bond acceptors (Lipinski definition) is 3. The van der Waals surface area contributed by atoms with Gasteiger partial charge in [0.25, 0.3) is 11.8 Å². The first-order valence-corrected chi connectivity index (χ1v) is 4.71. The number of nitrogens with zero attached hydrogens (tertiary/aromatic N) is 1. The maximum absolute atomic E-state index is 11.8. The van der Waals surface area contributed by atoms with E-state index in [-0.39, 0.29) is 5.70 Å². The molecule has 2 amide bonds. The highest BCUT2D eigenvalue weighted by Crippen LogP contribution is 2.25. The molecule has 0 spiro atoms. The van der Waals surface area contributed by atoms with Gasteiger partial charge in [0, 0.05) is 6.92 Å². The third kappa shape index (κ3) is 1.27. The summed E-state index contributed by atoms with van der Waals surface area (Å²) in [5.74, 6) is -1.36. The standard InChI is InChI=1S/C12H9NO3/c1-7(8(2)14)13-11(15)9-5-3-4-6-10(9)12(13)16/h3-6H,1H2,2H3. The van der Waals surface area contributed by atoms with Crippen molar-refractivity contribution in [3.05, 3.63) is 47.7 Å². The molecule has 1 aliphatic heterocycles. The van der Waals surface area contributed by atoms with Gasteiger partial charge in [0.1, 0.15) is 0 Å². The molecule has 4 nitrogen and oxygen atoms in total. The fourth-order valence-corrected chi connectivity index (χ4v) is 1.59. The van der Waals surface area contributed by atoms with Gasteiger partial charge in [0.2, 0.25) is 0 Å². The van der Waals surface area contributed by atoms with Crippen LogP contribution in [0.5, 0.6) is 0 Å². The zero-order valence-corrected chi connectivity index (χ0v) is 8.69. The summed E-state index contributed by atoms with van der Waals surface area (Å²) in [6.45, 7) is 4.72. The second-order valence-corrected chi connectivity index (χ2v) is 3.49. The van der Waals surface area contributed by atoms with E-state index in [2.05, 4.69) is 6.58 Å². The maximum atomic E-state index is 11.8. The number of carbonyl (C=O) groups excluding carboxylic acids is 3. The lowest BCUT2D eigenvalue weighted by molar-refractivity contribution is -0.114. The molecule has 0 unspecified atom stereocenters. The lowest BCUT2D eigenvalue weighted by Gasteiger charge is -2.13. The fraction of sp³-hybridized carbons (Fsp3) is 0.0833. The Hall–Kier alpha value is -2.23. The lowest BCUT2D eigenvalue weighted by Crippen LogP contribution is -2.31. The van der Waals surface area contributed by atoms with E-state index in [4.69, 9.17) is 0 Å². The van der Waals surface area contributed by atoms with E-state index in [1.807, 2.05) is 0 Å². The van der Waals surface area contributed by atoms with Crippen molar-refractivity contribution in [3.63, 3.8) is 0 Å². The molecule has 0 aromatic heterocycles. The van der Waals surface area contributed by atoms with E-state index in [1.54, 1.807) is 24.3 Å². The molecular weight excluding hydrogens is 206 g/mol. The Morgan fingerprint density at radius 2 is 1.56 bits per heavy atom. The van der Waals surface area contributed by atoms with Crippen LogP contribution in [0.1, 0.15) is 27.6 Å². The average molecular weight is 215 g/mol. The Bertz CT molecular complexity index is 496. The number of fused-ring (bicyclic) bond motifs is 1. The van der Waals surface area contributed by atoms with Gasteiger partial charge in [-0.3, -0.25) is 14.4 Å². The zero-order valence-electron chi connectivity index (χ0n) is 8.69. The highest BCUT2D eigenvalue weighted by molar-refractivity contribution is 6.24. The van der Waals surface area contributed by atoms with Gasteiger partial charge in [-0.2, -0.15) is 0 Å². The van der Waals surface area contributed by atoms with Crippen LogP contribution in [0.3, 0.4) is 0 Å². The molecule has 0 N–H and O–H groups in total. The number of carbonyl (C=O) groups is 3. The Labute approximate surface area is 92.2 Å². The van der Waals surface area contributed by atoms with Gasteiger partial charge in [-0.15, -0.1) is 0 Å². The number of ketones is 1. The molecule has 1 aliphatic rings. The van der Waals surface area contributed by atoms with Crippen LogP contribution >= 0.6 is 0 Å². The molecule has 80 valence electrons. The maximum Gasteiger partial charge on any atom is 0.266 e. The predicted octanol–water partition coefficient (Wildman–Crippen LogP) is 1.39.